The summed E-state index contributed by atoms with van der Waals surface area (Å²) in [6, 6.07) is 17.8. The summed E-state index contributed by atoms with van der Waals surface area (Å²) < 4.78 is 24.8. The van der Waals surface area contributed by atoms with Crippen molar-refractivity contribution >= 4 is 31.0 Å². The maximum atomic E-state index is 13.8. The summed E-state index contributed by atoms with van der Waals surface area (Å²) in [4.78, 5) is 13.8. The maximum Gasteiger partial charge on any atom is 0.314 e. The molecule has 0 spiro atoms. The highest BCUT2D eigenvalue weighted by Gasteiger charge is 2.43. The molecule has 0 bridgehead atoms. The molecule has 5 nitrogen and oxygen atoms in total. The van der Waals surface area contributed by atoms with E-state index in [0.29, 0.717) is 17.5 Å². The lowest BCUT2D eigenvalue weighted by Crippen LogP contribution is -2.52. The number of methoxy groups -OCH3 is 2. The SMILES string of the molecule is COC(OC)(C(=O)c1ccccc1CC[Si](C)(O[Si](C)(C)C)O[Si](C)(C)C)c1ccccc1. The number of benzene rings is 2. The van der Waals surface area contributed by atoms with Crippen LogP contribution in [-0.4, -0.2) is 45.2 Å². The highest BCUT2D eigenvalue weighted by atomic mass is 28.5. The minimum absolute atomic E-state index is 0.213. The summed E-state index contributed by atoms with van der Waals surface area (Å²) in [5, 5.41) is 0. The smallest absolute Gasteiger partial charge is 0.314 e. The van der Waals surface area contributed by atoms with Crippen molar-refractivity contribution in [2.24, 2.45) is 0 Å². The predicted molar refractivity (Wildman–Crippen MR) is 142 cm³/mol. The molecule has 8 heteroatoms. The quantitative estimate of drug-likeness (QED) is 0.192. The van der Waals surface area contributed by atoms with E-state index in [2.05, 4.69) is 45.8 Å². The van der Waals surface area contributed by atoms with Crippen LogP contribution in [-0.2, 0) is 29.9 Å². The van der Waals surface area contributed by atoms with Gasteiger partial charge in [-0.2, -0.15) is 0 Å². The molecule has 0 saturated heterocycles. The van der Waals surface area contributed by atoms with Crippen molar-refractivity contribution in [3.05, 3.63) is 71.3 Å². The number of hydrogen-bond donors (Lipinski definition) is 0. The molecule has 0 radical (unpaired) electrons. The number of Topliss-reactive ketones (excluding diaryl/α,β-unsaturated/α-hetero) is 1. The van der Waals surface area contributed by atoms with E-state index in [1.54, 1.807) is 0 Å². The summed E-state index contributed by atoms with van der Waals surface area (Å²) in [5.74, 6) is -1.71. The van der Waals surface area contributed by atoms with E-state index in [0.717, 1.165) is 11.6 Å². The van der Waals surface area contributed by atoms with E-state index in [9.17, 15) is 4.79 Å². The van der Waals surface area contributed by atoms with Gasteiger partial charge in [0.2, 0.25) is 5.78 Å². The predicted octanol–water partition coefficient (Wildman–Crippen LogP) is 6.33. The number of aryl methyl sites for hydroxylation is 1. The third-order valence-electron chi connectivity index (χ3n) is 5.18. The number of rotatable bonds is 12. The van der Waals surface area contributed by atoms with Crippen LogP contribution in [0.5, 0.6) is 0 Å². The van der Waals surface area contributed by atoms with Gasteiger partial charge in [-0.15, -0.1) is 0 Å². The standard InChI is InChI=1S/C25H40O5Si3/c1-27-25(28-2,22-16-11-10-12-17-22)24(26)23-18-14-13-15-21(23)19-20-33(9,29-31(3,4)5)30-32(6,7)8/h10-18H,19-20H2,1-9H3. The van der Waals surface area contributed by atoms with Gasteiger partial charge in [-0.3, -0.25) is 4.79 Å². The Bertz CT molecular complexity index is 900. The number of ether oxygens (including phenoxy) is 2. The first kappa shape index (κ1) is 27.8. The molecular formula is C25H40O5Si3. The first-order chi connectivity index (χ1) is 15.3. The van der Waals surface area contributed by atoms with Crippen molar-refractivity contribution in [2.75, 3.05) is 14.2 Å². The molecule has 182 valence electrons. The number of hydrogen-bond acceptors (Lipinski definition) is 5. The van der Waals surface area contributed by atoms with Crippen LogP contribution in [0.15, 0.2) is 54.6 Å². The van der Waals surface area contributed by atoms with Crippen LogP contribution >= 0.6 is 0 Å². The van der Waals surface area contributed by atoms with Gasteiger partial charge in [0.1, 0.15) is 0 Å². The molecule has 0 N–H and O–H groups in total. The fraction of sp³-hybridized carbons (Fsp3) is 0.480. The lowest BCUT2D eigenvalue weighted by atomic mass is 9.92. The zero-order chi connectivity index (χ0) is 24.9. The van der Waals surface area contributed by atoms with Crippen molar-refractivity contribution in [2.45, 2.75) is 64.1 Å². The first-order valence-electron chi connectivity index (χ1n) is 11.4. The maximum absolute atomic E-state index is 13.8. The lowest BCUT2D eigenvalue weighted by molar-refractivity contribution is -0.176. The van der Waals surface area contributed by atoms with E-state index in [4.69, 9.17) is 17.7 Å². The van der Waals surface area contributed by atoms with E-state index in [-0.39, 0.29) is 5.78 Å². The fourth-order valence-electron chi connectivity index (χ4n) is 4.21. The lowest BCUT2D eigenvalue weighted by Gasteiger charge is -2.38. The Hall–Kier alpha value is -1.40. The van der Waals surface area contributed by atoms with Gasteiger partial charge in [-0.25, -0.2) is 0 Å². The minimum atomic E-state index is -2.44. The van der Waals surface area contributed by atoms with Crippen LogP contribution in [0.1, 0.15) is 21.5 Å². The van der Waals surface area contributed by atoms with Crippen molar-refractivity contribution in [1.29, 1.82) is 0 Å². The summed E-state index contributed by atoms with van der Waals surface area (Å²) in [6.07, 6.45) is 0.692. The van der Waals surface area contributed by atoms with Crippen LogP contribution in [0.3, 0.4) is 0 Å². The second kappa shape index (κ2) is 10.9. The van der Waals surface area contributed by atoms with Gasteiger partial charge < -0.3 is 17.7 Å². The molecule has 0 heterocycles. The Kier molecular flexibility index (Phi) is 9.19. The molecule has 0 saturated carbocycles. The molecule has 0 aromatic heterocycles. The van der Waals surface area contributed by atoms with Crippen LogP contribution in [0.25, 0.3) is 0 Å². The normalized spacial score (nSPS) is 13.2. The van der Waals surface area contributed by atoms with Crippen LogP contribution in [0, 0.1) is 0 Å². The largest absolute Gasteiger partial charge is 0.437 e. The Labute approximate surface area is 202 Å². The zero-order valence-electron chi connectivity index (χ0n) is 21.7. The molecule has 33 heavy (non-hydrogen) atoms. The average Bonchev–Trinajstić information content (AvgIpc) is 2.72. The Morgan fingerprint density at radius 1 is 0.758 bits per heavy atom. The summed E-state index contributed by atoms with van der Waals surface area (Å²) in [6.45, 7) is 15.4. The molecule has 0 aliphatic carbocycles. The van der Waals surface area contributed by atoms with Gasteiger partial charge in [0, 0.05) is 25.3 Å². The molecule has 2 aromatic carbocycles. The average molecular weight is 505 g/mol. The second-order valence-corrected chi connectivity index (χ2v) is 23.3. The topological polar surface area (TPSA) is 54.0 Å². The third kappa shape index (κ3) is 7.54. The van der Waals surface area contributed by atoms with Gasteiger partial charge in [0.15, 0.2) is 16.6 Å². The van der Waals surface area contributed by atoms with Crippen LogP contribution in [0.4, 0.5) is 0 Å². The van der Waals surface area contributed by atoms with Crippen molar-refractivity contribution < 1.29 is 22.5 Å². The third-order valence-corrected chi connectivity index (χ3v) is 14.7. The first-order valence-corrected chi connectivity index (χ1v) is 20.8. The highest BCUT2D eigenvalue weighted by molar-refractivity contribution is 6.87. The van der Waals surface area contributed by atoms with Crippen LogP contribution in [0.2, 0.25) is 51.9 Å². The summed E-state index contributed by atoms with van der Waals surface area (Å²) >= 11 is 0. The summed E-state index contributed by atoms with van der Waals surface area (Å²) in [7, 11) is -3.03. The highest BCUT2D eigenvalue weighted by Crippen LogP contribution is 2.33. The molecule has 2 rings (SSSR count). The Morgan fingerprint density at radius 3 is 1.73 bits per heavy atom. The molecule has 0 unspecified atom stereocenters. The van der Waals surface area contributed by atoms with Gasteiger partial charge in [0.05, 0.1) is 0 Å². The van der Waals surface area contributed by atoms with Crippen molar-refractivity contribution in [3.8, 4) is 0 Å². The minimum Gasteiger partial charge on any atom is -0.437 e. The molecule has 0 atom stereocenters. The van der Waals surface area contributed by atoms with E-state index in [1.165, 1.54) is 14.2 Å². The Balaban J connectivity index is 2.40. The number of ketones is 1. The molecular weight excluding hydrogens is 465 g/mol. The van der Waals surface area contributed by atoms with Crippen LogP contribution < -0.4 is 0 Å². The number of carbonyl (C=O) groups is 1. The van der Waals surface area contributed by atoms with Crippen molar-refractivity contribution in [1.82, 2.24) is 0 Å². The van der Waals surface area contributed by atoms with Gasteiger partial charge in [0.25, 0.3) is 5.79 Å². The molecule has 2 aromatic rings. The molecule has 0 aliphatic heterocycles. The van der Waals surface area contributed by atoms with E-state index in [1.807, 2.05) is 54.6 Å². The fourth-order valence-corrected chi connectivity index (χ4v) is 16.7. The van der Waals surface area contributed by atoms with E-state index >= 15 is 0 Å². The zero-order valence-corrected chi connectivity index (χ0v) is 24.7. The van der Waals surface area contributed by atoms with Gasteiger partial charge in [-0.05, 0) is 63.9 Å². The molecule has 0 fully saturated rings. The van der Waals surface area contributed by atoms with Gasteiger partial charge in [-0.1, -0.05) is 54.6 Å². The molecule has 0 aliphatic rings. The second-order valence-electron chi connectivity index (χ2n) is 10.4. The van der Waals surface area contributed by atoms with Crippen molar-refractivity contribution in [3.63, 3.8) is 0 Å². The summed E-state index contributed by atoms with van der Waals surface area (Å²) in [5.41, 5.74) is 2.22. The number of carbonyl (C=O) groups excluding carboxylic acids is 1. The van der Waals surface area contributed by atoms with E-state index < -0.39 is 31.0 Å². The Morgan fingerprint density at radius 2 is 1.24 bits per heavy atom. The molecule has 0 amide bonds. The monoisotopic (exact) mass is 504 g/mol. The van der Waals surface area contributed by atoms with Gasteiger partial charge >= 0.3 is 8.56 Å².